The molecular weight excluding hydrogens is 179 g/mol. The molecule has 0 aliphatic rings. The molecule has 0 amide bonds. The zero-order valence-electron chi connectivity index (χ0n) is 6.55. The fourth-order valence-corrected chi connectivity index (χ4v) is 0.753. The fourth-order valence-electron chi connectivity index (χ4n) is 0.351. The molecular formula is C7H11O4P. The van der Waals surface area contributed by atoms with Gasteiger partial charge < -0.3 is 14.2 Å². The summed E-state index contributed by atoms with van der Waals surface area (Å²) in [4.78, 5) is 8.86. The zero-order valence-corrected chi connectivity index (χ0v) is 7.44. The Morgan fingerprint density at radius 2 is 2.08 bits per heavy atom. The topological polar surface area (TPSA) is 47.9 Å². The van der Waals surface area contributed by atoms with Crippen molar-refractivity contribution in [1.82, 2.24) is 0 Å². The summed E-state index contributed by atoms with van der Waals surface area (Å²) in [6.45, 7) is 6.79. The van der Waals surface area contributed by atoms with Gasteiger partial charge in [-0.1, -0.05) is 13.2 Å². The lowest BCUT2D eigenvalue weighted by atomic mass is 10.7. The van der Waals surface area contributed by atoms with Gasteiger partial charge in [0.15, 0.2) is 0 Å². The lowest BCUT2D eigenvalue weighted by Gasteiger charge is -2.04. The highest BCUT2D eigenvalue weighted by Crippen LogP contribution is 2.32. The summed E-state index contributed by atoms with van der Waals surface area (Å²) in [6.07, 6.45) is 5.36. The van der Waals surface area contributed by atoms with Crippen molar-refractivity contribution >= 4 is 8.60 Å². The molecule has 0 saturated carbocycles. The molecule has 0 spiro atoms. The minimum atomic E-state index is -1.85. The highest BCUT2D eigenvalue weighted by atomic mass is 31.2. The minimum Gasteiger partial charge on any atom is -0.474 e. The first-order chi connectivity index (χ1) is 5.81. The van der Waals surface area contributed by atoms with Gasteiger partial charge >= 0.3 is 8.60 Å². The van der Waals surface area contributed by atoms with Crippen LogP contribution in [0.4, 0.5) is 0 Å². The average molecular weight is 190 g/mol. The van der Waals surface area contributed by atoms with Crippen LogP contribution in [0, 0.1) is 0 Å². The standard InChI is InChI=1S/C7H11O4P/c1-3-9-6-5-7-11-12(8)10-4-2/h3-6,8H,1-2,7H2/b6-5+. The second kappa shape index (κ2) is 8.27. The van der Waals surface area contributed by atoms with Crippen molar-refractivity contribution in [1.29, 1.82) is 0 Å². The maximum Gasteiger partial charge on any atom is 0.394 e. The Morgan fingerprint density at radius 3 is 2.67 bits per heavy atom. The summed E-state index contributed by atoms with van der Waals surface area (Å²) in [5, 5.41) is 0. The van der Waals surface area contributed by atoms with Crippen LogP contribution < -0.4 is 0 Å². The van der Waals surface area contributed by atoms with Gasteiger partial charge in [0.05, 0.1) is 25.4 Å². The quantitative estimate of drug-likeness (QED) is 0.493. The van der Waals surface area contributed by atoms with Crippen LogP contribution in [-0.2, 0) is 13.8 Å². The largest absolute Gasteiger partial charge is 0.474 e. The summed E-state index contributed by atoms with van der Waals surface area (Å²) in [7, 11) is -1.85. The van der Waals surface area contributed by atoms with Crippen LogP contribution in [-0.4, -0.2) is 11.5 Å². The lowest BCUT2D eigenvalue weighted by Crippen LogP contribution is -1.85. The molecule has 0 fully saturated rings. The molecule has 0 bridgehead atoms. The van der Waals surface area contributed by atoms with Crippen molar-refractivity contribution in [2.75, 3.05) is 6.61 Å². The monoisotopic (exact) mass is 190 g/mol. The molecule has 0 radical (unpaired) electrons. The second-order valence-electron chi connectivity index (χ2n) is 1.48. The molecule has 1 N–H and O–H groups in total. The van der Waals surface area contributed by atoms with E-state index in [1.54, 1.807) is 6.08 Å². The van der Waals surface area contributed by atoms with Crippen LogP contribution in [0.25, 0.3) is 0 Å². The van der Waals surface area contributed by atoms with Crippen molar-refractivity contribution in [2.45, 2.75) is 0 Å². The first-order valence-corrected chi connectivity index (χ1v) is 4.25. The molecule has 1 unspecified atom stereocenters. The van der Waals surface area contributed by atoms with Crippen LogP contribution in [0.15, 0.2) is 38.0 Å². The number of rotatable bonds is 7. The first-order valence-electron chi connectivity index (χ1n) is 3.12. The maximum absolute atomic E-state index is 8.86. The smallest absolute Gasteiger partial charge is 0.394 e. The van der Waals surface area contributed by atoms with E-state index in [1.165, 1.54) is 12.5 Å². The van der Waals surface area contributed by atoms with Gasteiger partial charge in [0.2, 0.25) is 0 Å². The van der Waals surface area contributed by atoms with Gasteiger partial charge in [0, 0.05) is 0 Å². The predicted molar refractivity (Wildman–Crippen MR) is 46.8 cm³/mol. The Morgan fingerprint density at radius 1 is 1.33 bits per heavy atom. The molecule has 0 aromatic heterocycles. The van der Waals surface area contributed by atoms with Gasteiger partial charge in [0.25, 0.3) is 0 Å². The molecule has 0 rings (SSSR count). The zero-order chi connectivity index (χ0) is 9.23. The van der Waals surface area contributed by atoms with E-state index in [1.807, 2.05) is 0 Å². The molecule has 5 heteroatoms. The number of hydrogen-bond donors (Lipinski definition) is 1. The third kappa shape index (κ3) is 7.28. The van der Waals surface area contributed by atoms with Crippen LogP contribution in [0.2, 0.25) is 0 Å². The van der Waals surface area contributed by atoms with Gasteiger partial charge in [-0.2, -0.15) is 0 Å². The normalized spacial score (nSPS) is 12.4. The van der Waals surface area contributed by atoms with Crippen molar-refractivity contribution in [3.8, 4) is 0 Å². The van der Waals surface area contributed by atoms with E-state index in [-0.39, 0.29) is 6.61 Å². The van der Waals surface area contributed by atoms with Gasteiger partial charge in [-0.05, 0) is 6.08 Å². The van der Waals surface area contributed by atoms with Gasteiger partial charge in [-0.25, -0.2) is 0 Å². The van der Waals surface area contributed by atoms with Crippen LogP contribution >= 0.6 is 8.60 Å². The Labute approximate surface area is 72.8 Å². The molecule has 4 nitrogen and oxygen atoms in total. The maximum atomic E-state index is 8.86. The summed E-state index contributed by atoms with van der Waals surface area (Å²) >= 11 is 0. The van der Waals surface area contributed by atoms with E-state index >= 15 is 0 Å². The summed E-state index contributed by atoms with van der Waals surface area (Å²) < 4.78 is 13.9. The molecule has 0 aromatic rings. The summed E-state index contributed by atoms with van der Waals surface area (Å²) in [5.41, 5.74) is 0. The minimum absolute atomic E-state index is 0.212. The Hall–Kier alpha value is -0.830. The number of hydrogen-bond acceptors (Lipinski definition) is 4. The van der Waals surface area contributed by atoms with E-state index in [4.69, 9.17) is 9.42 Å². The van der Waals surface area contributed by atoms with Crippen molar-refractivity contribution in [3.63, 3.8) is 0 Å². The molecule has 0 saturated heterocycles. The number of ether oxygens (including phenoxy) is 1. The molecule has 0 aromatic carbocycles. The summed E-state index contributed by atoms with van der Waals surface area (Å²) in [6, 6.07) is 0. The molecule has 0 heterocycles. The van der Waals surface area contributed by atoms with E-state index in [9.17, 15) is 0 Å². The Bertz CT molecular complexity index is 157. The van der Waals surface area contributed by atoms with E-state index in [0.29, 0.717) is 0 Å². The third-order valence-electron chi connectivity index (χ3n) is 0.717. The third-order valence-corrected chi connectivity index (χ3v) is 1.42. The van der Waals surface area contributed by atoms with Crippen LogP contribution in [0.3, 0.4) is 0 Å². The molecule has 1 atom stereocenters. The summed E-state index contributed by atoms with van der Waals surface area (Å²) in [5.74, 6) is 0. The fraction of sp³-hybridized carbons (Fsp3) is 0.143. The Balaban J connectivity index is 3.28. The molecule has 12 heavy (non-hydrogen) atoms. The van der Waals surface area contributed by atoms with E-state index in [0.717, 1.165) is 6.26 Å². The van der Waals surface area contributed by atoms with Crippen LogP contribution in [0.5, 0.6) is 0 Å². The van der Waals surface area contributed by atoms with E-state index in [2.05, 4.69) is 22.4 Å². The van der Waals surface area contributed by atoms with Crippen LogP contribution in [0.1, 0.15) is 0 Å². The van der Waals surface area contributed by atoms with Crippen molar-refractivity contribution in [3.05, 3.63) is 38.0 Å². The van der Waals surface area contributed by atoms with Crippen molar-refractivity contribution in [2.24, 2.45) is 0 Å². The molecule has 0 aliphatic carbocycles. The lowest BCUT2D eigenvalue weighted by molar-refractivity contribution is 0.267. The van der Waals surface area contributed by atoms with Gasteiger partial charge in [0.1, 0.15) is 0 Å². The second-order valence-corrected chi connectivity index (χ2v) is 2.42. The predicted octanol–water partition coefficient (Wildman–Crippen LogP) is 2.06. The first kappa shape index (κ1) is 11.2. The molecule has 68 valence electrons. The SMILES string of the molecule is C=CO/C=C/COP(O)OC=C. The highest BCUT2D eigenvalue weighted by molar-refractivity contribution is 7.40. The van der Waals surface area contributed by atoms with Crippen molar-refractivity contribution < 1.29 is 18.7 Å². The average Bonchev–Trinajstić information content (AvgIpc) is 2.05. The van der Waals surface area contributed by atoms with Gasteiger partial charge in [-0.3, -0.25) is 4.52 Å². The molecule has 0 aliphatic heterocycles. The highest BCUT2D eigenvalue weighted by Gasteiger charge is 2.01. The Kier molecular flexibility index (Phi) is 7.70. The van der Waals surface area contributed by atoms with E-state index < -0.39 is 8.60 Å². The van der Waals surface area contributed by atoms with Gasteiger partial charge in [-0.15, -0.1) is 0 Å².